The lowest BCUT2D eigenvalue weighted by molar-refractivity contribution is 0.415. The molecule has 0 heterocycles. The van der Waals surface area contributed by atoms with Crippen LogP contribution < -0.4 is 4.74 Å². The summed E-state index contributed by atoms with van der Waals surface area (Å²) in [7, 11) is 1.58. The number of rotatable bonds is 1. The molecule has 0 saturated carbocycles. The molecule has 0 aromatic heterocycles. The molecule has 3 heteroatoms. The molecule has 0 spiro atoms. The van der Waals surface area contributed by atoms with Crippen LogP contribution >= 0.6 is 15.9 Å². The molecule has 0 unspecified atom stereocenters. The second kappa shape index (κ2) is 3.40. The second-order valence-corrected chi connectivity index (χ2v) is 2.88. The van der Waals surface area contributed by atoms with Crippen LogP contribution in [0.15, 0.2) is 22.7 Å². The van der Waals surface area contributed by atoms with Gasteiger partial charge in [-0.25, -0.2) is 4.85 Å². The van der Waals surface area contributed by atoms with Crippen molar-refractivity contribution in [3.05, 3.63) is 34.1 Å². The van der Waals surface area contributed by atoms with Gasteiger partial charge in [0.25, 0.3) is 0 Å². The summed E-state index contributed by atoms with van der Waals surface area (Å²) in [6.45, 7) is 6.76. The maximum atomic E-state index is 6.76. The highest BCUT2D eigenvalue weighted by Crippen LogP contribution is 2.25. The molecule has 0 atom stereocenters. The standard InChI is InChI=1S/C8H6BrNO/c1-10-7-3-6(9)4-8(5-7)11-2/h3-5H,2H3. The normalized spacial score (nSPS) is 8.82. The van der Waals surface area contributed by atoms with Gasteiger partial charge in [-0.3, -0.25) is 0 Å². The Morgan fingerprint density at radius 1 is 1.45 bits per heavy atom. The highest BCUT2D eigenvalue weighted by molar-refractivity contribution is 9.10. The van der Waals surface area contributed by atoms with Crippen molar-refractivity contribution in [2.24, 2.45) is 0 Å². The molecule has 2 nitrogen and oxygen atoms in total. The molecule has 0 fully saturated rings. The van der Waals surface area contributed by atoms with E-state index in [-0.39, 0.29) is 0 Å². The number of ether oxygens (including phenoxy) is 1. The van der Waals surface area contributed by atoms with E-state index >= 15 is 0 Å². The third-order valence-corrected chi connectivity index (χ3v) is 1.68. The first-order valence-corrected chi connectivity index (χ1v) is 3.77. The SMILES string of the molecule is [C-]#[N+]c1cc(Br)cc(OC)c1. The van der Waals surface area contributed by atoms with Gasteiger partial charge in [0, 0.05) is 4.47 Å². The van der Waals surface area contributed by atoms with Gasteiger partial charge in [-0.1, -0.05) is 15.9 Å². The molecular weight excluding hydrogens is 206 g/mol. The molecule has 0 aliphatic rings. The van der Waals surface area contributed by atoms with Crippen molar-refractivity contribution in [1.29, 1.82) is 0 Å². The topological polar surface area (TPSA) is 13.6 Å². The highest BCUT2D eigenvalue weighted by Gasteiger charge is 1.97. The maximum Gasteiger partial charge on any atom is 0.191 e. The van der Waals surface area contributed by atoms with E-state index in [0.29, 0.717) is 11.4 Å². The fourth-order valence-electron chi connectivity index (χ4n) is 0.730. The van der Waals surface area contributed by atoms with Crippen molar-refractivity contribution in [1.82, 2.24) is 0 Å². The summed E-state index contributed by atoms with van der Waals surface area (Å²) >= 11 is 3.27. The number of methoxy groups -OCH3 is 1. The molecule has 0 bridgehead atoms. The molecule has 0 aliphatic heterocycles. The van der Waals surface area contributed by atoms with Gasteiger partial charge in [-0.05, 0) is 18.2 Å². The zero-order valence-electron chi connectivity index (χ0n) is 5.97. The first-order chi connectivity index (χ1) is 5.26. The van der Waals surface area contributed by atoms with Crippen molar-refractivity contribution >= 4 is 21.6 Å². The zero-order chi connectivity index (χ0) is 8.27. The highest BCUT2D eigenvalue weighted by atomic mass is 79.9. The first-order valence-electron chi connectivity index (χ1n) is 2.98. The Morgan fingerprint density at radius 2 is 2.18 bits per heavy atom. The number of hydrogen-bond donors (Lipinski definition) is 0. The van der Waals surface area contributed by atoms with Crippen molar-refractivity contribution in [2.75, 3.05) is 7.11 Å². The van der Waals surface area contributed by atoms with E-state index in [9.17, 15) is 0 Å². The lowest BCUT2D eigenvalue weighted by Gasteiger charge is -1.99. The molecule has 0 aliphatic carbocycles. The number of hydrogen-bond acceptors (Lipinski definition) is 1. The van der Waals surface area contributed by atoms with Crippen LogP contribution in [-0.4, -0.2) is 7.11 Å². The zero-order valence-corrected chi connectivity index (χ0v) is 7.55. The summed E-state index contributed by atoms with van der Waals surface area (Å²) in [5.41, 5.74) is 0.580. The molecule has 11 heavy (non-hydrogen) atoms. The van der Waals surface area contributed by atoms with Gasteiger partial charge >= 0.3 is 0 Å². The summed E-state index contributed by atoms with van der Waals surface area (Å²) in [6.07, 6.45) is 0. The van der Waals surface area contributed by atoms with Gasteiger partial charge in [-0.15, -0.1) is 0 Å². The van der Waals surface area contributed by atoms with Gasteiger partial charge in [0.2, 0.25) is 0 Å². The number of halogens is 1. The van der Waals surface area contributed by atoms with Crippen LogP contribution in [0.5, 0.6) is 5.75 Å². The molecule has 0 saturated heterocycles. The predicted molar refractivity (Wildman–Crippen MR) is 47.0 cm³/mol. The van der Waals surface area contributed by atoms with E-state index in [1.165, 1.54) is 0 Å². The number of nitrogens with zero attached hydrogens (tertiary/aromatic N) is 1. The Labute approximate surface area is 73.7 Å². The van der Waals surface area contributed by atoms with Crippen LogP contribution in [0.1, 0.15) is 0 Å². The largest absolute Gasteiger partial charge is 0.498 e. The molecule has 0 amide bonds. The van der Waals surface area contributed by atoms with Gasteiger partial charge in [-0.2, -0.15) is 0 Å². The van der Waals surface area contributed by atoms with Gasteiger partial charge in [0.1, 0.15) is 5.75 Å². The lowest BCUT2D eigenvalue weighted by atomic mass is 10.3. The van der Waals surface area contributed by atoms with E-state index in [1.54, 1.807) is 19.2 Å². The van der Waals surface area contributed by atoms with Crippen LogP contribution in [-0.2, 0) is 0 Å². The van der Waals surface area contributed by atoms with E-state index in [1.807, 2.05) is 6.07 Å². The monoisotopic (exact) mass is 211 g/mol. The van der Waals surface area contributed by atoms with Gasteiger partial charge in [0.15, 0.2) is 5.69 Å². The molecule has 1 rings (SSSR count). The molecular formula is C8H6BrNO. The quantitative estimate of drug-likeness (QED) is 0.652. The number of benzene rings is 1. The second-order valence-electron chi connectivity index (χ2n) is 1.96. The fourth-order valence-corrected chi connectivity index (χ4v) is 1.19. The third-order valence-electron chi connectivity index (χ3n) is 1.22. The van der Waals surface area contributed by atoms with Crippen LogP contribution in [0, 0.1) is 6.57 Å². The van der Waals surface area contributed by atoms with Crippen molar-refractivity contribution in [3.8, 4) is 5.75 Å². The maximum absolute atomic E-state index is 6.76. The molecule has 1 aromatic rings. The van der Waals surface area contributed by atoms with Crippen LogP contribution in [0.3, 0.4) is 0 Å². The molecule has 56 valence electrons. The summed E-state index contributed by atoms with van der Waals surface area (Å²) < 4.78 is 5.83. The van der Waals surface area contributed by atoms with E-state index in [4.69, 9.17) is 11.3 Å². The average Bonchev–Trinajstić information content (AvgIpc) is 2.03. The van der Waals surface area contributed by atoms with Crippen molar-refractivity contribution in [3.63, 3.8) is 0 Å². The lowest BCUT2D eigenvalue weighted by Crippen LogP contribution is -1.80. The van der Waals surface area contributed by atoms with E-state index in [2.05, 4.69) is 20.8 Å². The Hall–Kier alpha value is -1.01. The predicted octanol–water partition coefficient (Wildman–Crippen LogP) is 3.01. The third kappa shape index (κ3) is 1.95. The summed E-state index contributed by atoms with van der Waals surface area (Å²) in [6, 6.07) is 5.25. The Kier molecular flexibility index (Phi) is 2.50. The van der Waals surface area contributed by atoms with Gasteiger partial charge in [0.05, 0.1) is 13.7 Å². The Morgan fingerprint density at radius 3 is 2.73 bits per heavy atom. The first kappa shape index (κ1) is 8.09. The van der Waals surface area contributed by atoms with Crippen LogP contribution in [0.2, 0.25) is 0 Å². The molecule has 1 aromatic carbocycles. The van der Waals surface area contributed by atoms with Crippen molar-refractivity contribution in [2.45, 2.75) is 0 Å². The minimum absolute atomic E-state index is 0.580. The smallest absolute Gasteiger partial charge is 0.191 e. The minimum Gasteiger partial charge on any atom is -0.498 e. The molecule has 0 N–H and O–H groups in total. The van der Waals surface area contributed by atoms with E-state index < -0.39 is 0 Å². The average molecular weight is 212 g/mol. The summed E-state index contributed by atoms with van der Waals surface area (Å²) in [5.74, 6) is 0.699. The molecule has 0 radical (unpaired) electrons. The summed E-state index contributed by atoms with van der Waals surface area (Å²) in [5, 5.41) is 0. The fraction of sp³-hybridized carbons (Fsp3) is 0.125. The van der Waals surface area contributed by atoms with E-state index in [0.717, 1.165) is 4.47 Å². The Bertz CT molecular complexity index is 303. The van der Waals surface area contributed by atoms with Crippen molar-refractivity contribution < 1.29 is 4.74 Å². The minimum atomic E-state index is 0.580. The van der Waals surface area contributed by atoms with Gasteiger partial charge < -0.3 is 4.74 Å². The Balaban J connectivity index is 3.15. The van der Waals surface area contributed by atoms with Crippen LogP contribution in [0.25, 0.3) is 4.85 Å². The van der Waals surface area contributed by atoms with Crippen LogP contribution in [0.4, 0.5) is 5.69 Å². The summed E-state index contributed by atoms with van der Waals surface area (Å²) in [4.78, 5) is 3.28.